The van der Waals surface area contributed by atoms with Crippen LogP contribution in [0.1, 0.15) is 44.7 Å². The molecule has 1 amide bonds. The lowest BCUT2D eigenvalue weighted by Gasteiger charge is -2.13. The van der Waals surface area contributed by atoms with Gasteiger partial charge in [0.25, 0.3) is 0 Å². The Labute approximate surface area is 201 Å². The van der Waals surface area contributed by atoms with Crippen molar-refractivity contribution in [3.05, 3.63) is 88.8 Å². The summed E-state index contributed by atoms with van der Waals surface area (Å²) in [5, 5.41) is 8.29. The molecule has 0 spiro atoms. The second-order valence-corrected chi connectivity index (χ2v) is 8.04. The van der Waals surface area contributed by atoms with Crippen molar-refractivity contribution >= 4 is 34.1 Å². The van der Waals surface area contributed by atoms with Gasteiger partial charge in [0.1, 0.15) is 23.7 Å². The molecule has 178 valence electrons. The van der Waals surface area contributed by atoms with Gasteiger partial charge in [0.15, 0.2) is 12.4 Å². The molecule has 0 unspecified atom stereocenters. The van der Waals surface area contributed by atoms with Crippen LogP contribution < -0.4 is 10.1 Å². The van der Waals surface area contributed by atoms with E-state index >= 15 is 0 Å². The lowest BCUT2D eigenvalue weighted by atomic mass is 10.1. The summed E-state index contributed by atoms with van der Waals surface area (Å²) in [5.41, 5.74) is 2.66. The van der Waals surface area contributed by atoms with Crippen LogP contribution in [0.25, 0.3) is 10.8 Å². The smallest absolute Gasteiger partial charge is 0.342 e. The lowest BCUT2D eigenvalue weighted by molar-refractivity contribution is -0.114. The monoisotopic (exact) mass is 472 g/mol. The van der Waals surface area contributed by atoms with Crippen LogP contribution in [0.5, 0.6) is 5.75 Å². The van der Waals surface area contributed by atoms with Crippen molar-refractivity contribution in [3.8, 4) is 5.75 Å². The Hall–Kier alpha value is -4.46. The first kappa shape index (κ1) is 23.7. The van der Waals surface area contributed by atoms with Gasteiger partial charge in [0, 0.05) is 18.2 Å². The highest BCUT2D eigenvalue weighted by atomic mass is 16.5. The van der Waals surface area contributed by atoms with Gasteiger partial charge in [-0.2, -0.15) is 0 Å². The molecule has 0 aliphatic heterocycles. The fourth-order valence-electron chi connectivity index (χ4n) is 3.59. The Kier molecular flexibility index (Phi) is 6.91. The molecule has 0 fully saturated rings. The van der Waals surface area contributed by atoms with Crippen molar-refractivity contribution in [1.29, 1.82) is 0 Å². The summed E-state index contributed by atoms with van der Waals surface area (Å²) in [6.45, 7) is 4.74. The van der Waals surface area contributed by atoms with Crippen LogP contribution in [0.3, 0.4) is 0 Å². The standard InChI is InChI=1S/C27H24N2O6/c1-16-24(17(2)35-29-16)14-33-26-13-21-7-5-4-6-20(21)12-23(26)27(32)34-15-25(31)19-8-10-22(11-9-19)28-18(3)30/h4-13H,14-15H2,1-3H3,(H,28,30). The van der Waals surface area contributed by atoms with Gasteiger partial charge in [-0.05, 0) is 61.0 Å². The molecule has 1 N–H and O–H groups in total. The van der Waals surface area contributed by atoms with E-state index < -0.39 is 12.6 Å². The highest BCUT2D eigenvalue weighted by molar-refractivity contribution is 6.02. The zero-order valence-electron chi connectivity index (χ0n) is 19.6. The number of amides is 1. The van der Waals surface area contributed by atoms with Crippen molar-refractivity contribution in [1.82, 2.24) is 5.16 Å². The minimum Gasteiger partial charge on any atom is -0.488 e. The van der Waals surface area contributed by atoms with Gasteiger partial charge in [-0.3, -0.25) is 9.59 Å². The number of carbonyl (C=O) groups is 3. The summed E-state index contributed by atoms with van der Waals surface area (Å²) in [4.78, 5) is 36.7. The molecule has 8 nitrogen and oxygen atoms in total. The molecule has 0 aliphatic rings. The van der Waals surface area contributed by atoms with Crippen LogP contribution in [0.2, 0.25) is 0 Å². The van der Waals surface area contributed by atoms with E-state index in [1.165, 1.54) is 6.92 Å². The molecule has 0 saturated carbocycles. The Balaban J connectivity index is 1.51. The van der Waals surface area contributed by atoms with E-state index in [1.54, 1.807) is 43.3 Å². The largest absolute Gasteiger partial charge is 0.488 e. The highest BCUT2D eigenvalue weighted by Gasteiger charge is 2.19. The number of fused-ring (bicyclic) bond motifs is 1. The van der Waals surface area contributed by atoms with E-state index in [9.17, 15) is 14.4 Å². The number of esters is 1. The number of aromatic nitrogens is 1. The normalized spacial score (nSPS) is 10.7. The maximum absolute atomic E-state index is 13.0. The van der Waals surface area contributed by atoms with E-state index in [0.717, 1.165) is 16.3 Å². The van der Waals surface area contributed by atoms with Gasteiger partial charge in [0.2, 0.25) is 5.91 Å². The molecule has 0 bridgehead atoms. The van der Waals surface area contributed by atoms with Crippen molar-refractivity contribution < 1.29 is 28.4 Å². The third-order valence-electron chi connectivity index (χ3n) is 5.48. The van der Waals surface area contributed by atoms with Crippen molar-refractivity contribution in [2.24, 2.45) is 0 Å². The fourth-order valence-corrected chi connectivity index (χ4v) is 3.59. The van der Waals surface area contributed by atoms with E-state index in [4.69, 9.17) is 14.0 Å². The van der Waals surface area contributed by atoms with Crippen LogP contribution in [0, 0.1) is 13.8 Å². The number of aryl methyl sites for hydroxylation is 2. The predicted octanol–water partition coefficient (Wildman–Crippen LogP) is 5.02. The average Bonchev–Trinajstić information content (AvgIpc) is 3.17. The number of hydrogen-bond donors (Lipinski definition) is 1. The average molecular weight is 472 g/mol. The van der Waals surface area contributed by atoms with Crippen molar-refractivity contribution in [3.63, 3.8) is 0 Å². The number of anilines is 1. The van der Waals surface area contributed by atoms with Gasteiger partial charge >= 0.3 is 5.97 Å². The van der Waals surface area contributed by atoms with Gasteiger partial charge < -0.3 is 19.3 Å². The molecule has 4 aromatic rings. The Morgan fingerprint density at radius 2 is 1.66 bits per heavy atom. The number of nitrogens with zero attached hydrogens (tertiary/aromatic N) is 1. The van der Waals surface area contributed by atoms with Crippen LogP contribution in [0.4, 0.5) is 5.69 Å². The van der Waals surface area contributed by atoms with Gasteiger partial charge in [0.05, 0.1) is 11.3 Å². The molecule has 0 aliphatic carbocycles. The topological polar surface area (TPSA) is 108 Å². The number of ether oxygens (including phenoxy) is 2. The van der Waals surface area contributed by atoms with E-state index in [1.807, 2.05) is 31.2 Å². The minimum atomic E-state index is -0.673. The number of rotatable bonds is 8. The molecule has 1 aromatic heterocycles. The molecule has 1 heterocycles. The molecular weight excluding hydrogens is 448 g/mol. The molecule has 8 heteroatoms. The summed E-state index contributed by atoms with van der Waals surface area (Å²) in [5.74, 6) is -0.274. The predicted molar refractivity (Wildman–Crippen MR) is 130 cm³/mol. The van der Waals surface area contributed by atoms with Crippen molar-refractivity contribution in [2.75, 3.05) is 11.9 Å². The number of benzene rings is 3. The first-order valence-corrected chi connectivity index (χ1v) is 11.0. The number of Topliss-reactive ketones (excluding diaryl/α,β-unsaturated/α-hetero) is 1. The molecule has 0 atom stereocenters. The zero-order valence-corrected chi connectivity index (χ0v) is 19.6. The van der Waals surface area contributed by atoms with Crippen LogP contribution in [-0.2, 0) is 16.1 Å². The third-order valence-corrected chi connectivity index (χ3v) is 5.48. The van der Waals surface area contributed by atoms with Crippen LogP contribution in [0.15, 0.2) is 65.2 Å². The summed E-state index contributed by atoms with van der Waals surface area (Å²) in [6, 6.07) is 17.4. The maximum atomic E-state index is 13.0. The molecule has 0 saturated heterocycles. The minimum absolute atomic E-state index is 0.166. The van der Waals surface area contributed by atoms with Gasteiger partial charge in [-0.25, -0.2) is 4.79 Å². The summed E-state index contributed by atoms with van der Waals surface area (Å²) in [7, 11) is 0. The Bertz CT molecular complexity index is 1390. The molecule has 4 rings (SSSR count). The lowest BCUT2D eigenvalue weighted by Crippen LogP contribution is -2.15. The maximum Gasteiger partial charge on any atom is 0.342 e. The number of ketones is 1. The van der Waals surface area contributed by atoms with E-state index in [0.29, 0.717) is 28.5 Å². The molecule has 3 aromatic carbocycles. The van der Waals surface area contributed by atoms with Crippen LogP contribution in [-0.4, -0.2) is 29.4 Å². The highest BCUT2D eigenvalue weighted by Crippen LogP contribution is 2.28. The second-order valence-electron chi connectivity index (χ2n) is 8.04. The summed E-state index contributed by atoms with van der Waals surface area (Å²) in [6.07, 6.45) is 0. The number of nitrogens with one attached hydrogen (secondary N) is 1. The number of carbonyl (C=O) groups excluding carboxylic acids is 3. The SMILES string of the molecule is CC(=O)Nc1ccc(C(=O)COC(=O)c2cc3ccccc3cc2OCc2c(C)noc2C)cc1. The Morgan fingerprint density at radius 1 is 0.971 bits per heavy atom. The summed E-state index contributed by atoms with van der Waals surface area (Å²) < 4.78 is 16.5. The first-order valence-electron chi connectivity index (χ1n) is 11.0. The molecular formula is C27H24N2O6. The quantitative estimate of drug-likeness (QED) is 0.283. The van der Waals surface area contributed by atoms with Crippen LogP contribution >= 0.6 is 0 Å². The van der Waals surface area contributed by atoms with E-state index in [2.05, 4.69) is 10.5 Å². The zero-order chi connectivity index (χ0) is 24.9. The Morgan fingerprint density at radius 3 is 2.29 bits per heavy atom. The van der Waals surface area contributed by atoms with E-state index in [-0.39, 0.29) is 23.9 Å². The van der Waals surface area contributed by atoms with Gasteiger partial charge in [-0.15, -0.1) is 0 Å². The third kappa shape index (κ3) is 5.55. The number of hydrogen-bond acceptors (Lipinski definition) is 7. The fraction of sp³-hybridized carbons (Fsp3) is 0.185. The van der Waals surface area contributed by atoms with Gasteiger partial charge in [-0.1, -0.05) is 29.4 Å². The molecule has 0 radical (unpaired) electrons. The second kappa shape index (κ2) is 10.2. The summed E-state index contributed by atoms with van der Waals surface area (Å²) >= 11 is 0. The van der Waals surface area contributed by atoms with Crippen molar-refractivity contribution in [2.45, 2.75) is 27.4 Å². The molecule has 35 heavy (non-hydrogen) atoms. The first-order chi connectivity index (χ1) is 16.8.